The van der Waals surface area contributed by atoms with Gasteiger partial charge in [-0.3, -0.25) is 9.59 Å². The first-order valence-electron chi connectivity index (χ1n) is 8.47. The van der Waals surface area contributed by atoms with Gasteiger partial charge in [-0.05, 0) is 38.1 Å². The molecule has 2 aromatic carbocycles. The van der Waals surface area contributed by atoms with Gasteiger partial charge in [-0.15, -0.1) is 0 Å². The van der Waals surface area contributed by atoms with Crippen molar-refractivity contribution in [2.24, 2.45) is 0 Å². The van der Waals surface area contributed by atoms with Crippen LogP contribution in [0.2, 0.25) is 0 Å². The van der Waals surface area contributed by atoms with Gasteiger partial charge in [-0.25, -0.2) is 4.79 Å². The number of esters is 1. The number of nitrogens with one attached hydrogen (secondary N) is 1. The zero-order valence-corrected chi connectivity index (χ0v) is 15.2. The maximum absolute atomic E-state index is 12.0. The molecule has 2 aromatic rings. The van der Waals surface area contributed by atoms with Crippen LogP contribution in [0.25, 0.3) is 6.08 Å². The lowest BCUT2D eigenvalue weighted by molar-refractivity contribution is -0.142. The minimum absolute atomic E-state index is 0.168. The van der Waals surface area contributed by atoms with E-state index in [2.05, 4.69) is 5.32 Å². The van der Waals surface area contributed by atoms with E-state index in [1.54, 1.807) is 42.5 Å². The number of carbonyl (C=O) groups excluding carboxylic acids is 3. The lowest BCUT2D eigenvalue weighted by atomic mass is 10.1. The zero-order valence-electron chi connectivity index (χ0n) is 15.2. The highest BCUT2D eigenvalue weighted by molar-refractivity contribution is 6.04. The summed E-state index contributed by atoms with van der Waals surface area (Å²) in [4.78, 5) is 35.3. The molecule has 1 amide bonds. The molecule has 0 spiro atoms. The van der Waals surface area contributed by atoms with E-state index in [9.17, 15) is 14.4 Å². The first-order valence-corrected chi connectivity index (χ1v) is 8.47. The Bertz CT molecular complexity index is 857. The monoisotopic (exact) mass is 367 g/mol. The van der Waals surface area contributed by atoms with Crippen molar-refractivity contribution in [2.75, 3.05) is 18.5 Å². The van der Waals surface area contributed by atoms with Crippen LogP contribution in [0.5, 0.6) is 5.75 Å². The number of rotatable bonds is 8. The molecular weight excluding hydrogens is 346 g/mol. The molecule has 0 saturated heterocycles. The van der Waals surface area contributed by atoms with Crippen molar-refractivity contribution >= 4 is 29.4 Å². The third kappa shape index (κ3) is 6.11. The van der Waals surface area contributed by atoms with Crippen molar-refractivity contribution in [3.05, 3.63) is 65.7 Å². The lowest BCUT2D eigenvalue weighted by Gasteiger charge is -2.09. The second-order valence-electron chi connectivity index (χ2n) is 5.56. The summed E-state index contributed by atoms with van der Waals surface area (Å²) in [5, 5.41) is 2.57. The van der Waals surface area contributed by atoms with Crippen LogP contribution in [0, 0.1) is 0 Å². The zero-order chi connectivity index (χ0) is 19.6. The Labute approximate surface area is 157 Å². The van der Waals surface area contributed by atoms with E-state index in [4.69, 9.17) is 9.47 Å². The number of hydrogen-bond donors (Lipinski definition) is 1. The second kappa shape index (κ2) is 9.91. The molecule has 140 valence electrons. The van der Waals surface area contributed by atoms with E-state index in [0.717, 1.165) is 5.56 Å². The number of hydrogen-bond acceptors (Lipinski definition) is 5. The van der Waals surface area contributed by atoms with Gasteiger partial charge in [0, 0.05) is 17.2 Å². The van der Waals surface area contributed by atoms with Gasteiger partial charge < -0.3 is 14.8 Å². The van der Waals surface area contributed by atoms with E-state index in [0.29, 0.717) is 23.6 Å². The molecule has 0 aliphatic carbocycles. The Morgan fingerprint density at radius 2 is 1.74 bits per heavy atom. The number of amides is 1. The van der Waals surface area contributed by atoms with Crippen LogP contribution in [0.4, 0.5) is 5.69 Å². The fourth-order valence-corrected chi connectivity index (χ4v) is 2.33. The van der Waals surface area contributed by atoms with Crippen LogP contribution in [-0.2, 0) is 14.3 Å². The molecule has 0 aliphatic heterocycles. The molecule has 0 unspecified atom stereocenters. The summed E-state index contributed by atoms with van der Waals surface area (Å²) in [5.41, 5.74) is 1.51. The summed E-state index contributed by atoms with van der Waals surface area (Å²) in [7, 11) is 0. The molecule has 6 heteroatoms. The molecule has 1 N–H and O–H groups in total. The van der Waals surface area contributed by atoms with Crippen molar-refractivity contribution in [1.29, 1.82) is 0 Å². The van der Waals surface area contributed by atoms with Gasteiger partial charge in [0.15, 0.2) is 12.4 Å². The molecule has 0 saturated carbocycles. The number of ketones is 1. The third-order valence-corrected chi connectivity index (χ3v) is 3.54. The molecule has 0 bridgehead atoms. The summed E-state index contributed by atoms with van der Waals surface area (Å²) < 4.78 is 10.4. The number of Topliss-reactive ketones (excluding diaryl/α,β-unsaturated/α-hetero) is 1. The molecule has 0 heterocycles. The molecule has 0 atom stereocenters. The molecule has 0 radical (unpaired) electrons. The molecule has 6 nitrogen and oxygen atoms in total. The second-order valence-corrected chi connectivity index (χ2v) is 5.56. The predicted molar refractivity (Wildman–Crippen MR) is 103 cm³/mol. The number of anilines is 1. The quantitative estimate of drug-likeness (QED) is 0.439. The number of carbonyl (C=O) groups is 3. The third-order valence-electron chi connectivity index (χ3n) is 3.54. The van der Waals surface area contributed by atoms with Crippen molar-refractivity contribution in [1.82, 2.24) is 0 Å². The van der Waals surface area contributed by atoms with E-state index >= 15 is 0 Å². The van der Waals surface area contributed by atoms with Crippen LogP contribution in [0.15, 0.2) is 54.6 Å². The summed E-state index contributed by atoms with van der Waals surface area (Å²) in [5.74, 6) is -0.696. The van der Waals surface area contributed by atoms with Crippen molar-refractivity contribution < 1.29 is 23.9 Å². The molecule has 2 rings (SSSR count). The van der Waals surface area contributed by atoms with Crippen LogP contribution in [-0.4, -0.2) is 30.9 Å². The lowest BCUT2D eigenvalue weighted by Crippen LogP contribution is -2.21. The Morgan fingerprint density at radius 3 is 2.48 bits per heavy atom. The van der Waals surface area contributed by atoms with E-state index < -0.39 is 18.5 Å². The normalized spacial score (nSPS) is 10.4. The van der Waals surface area contributed by atoms with E-state index in [1.165, 1.54) is 13.0 Å². The van der Waals surface area contributed by atoms with Gasteiger partial charge >= 0.3 is 5.97 Å². The number of para-hydroxylation sites is 2. The van der Waals surface area contributed by atoms with Gasteiger partial charge in [0.1, 0.15) is 5.75 Å². The minimum atomic E-state index is -0.656. The minimum Gasteiger partial charge on any atom is -0.493 e. The largest absolute Gasteiger partial charge is 0.493 e. The number of ether oxygens (including phenoxy) is 2. The number of benzene rings is 2. The Kier molecular flexibility index (Phi) is 7.31. The van der Waals surface area contributed by atoms with Crippen LogP contribution >= 0.6 is 0 Å². The molecule has 0 aromatic heterocycles. The highest BCUT2D eigenvalue weighted by Gasteiger charge is 2.11. The predicted octanol–water partition coefficient (Wildman–Crippen LogP) is 3.48. The maximum atomic E-state index is 12.0. The van der Waals surface area contributed by atoms with Crippen molar-refractivity contribution in [2.45, 2.75) is 13.8 Å². The summed E-state index contributed by atoms with van der Waals surface area (Å²) in [6.45, 7) is 3.34. The highest BCUT2D eigenvalue weighted by atomic mass is 16.5. The van der Waals surface area contributed by atoms with Gasteiger partial charge in [-0.1, -0.05) is 30.3 Å². The molecule has 27 heavy (non-hydrogen) atoms. The Balaban J connectivity index is 1.90. The Hall–Kier alpha value is -3.41. The fraction of sp³-hybridized carbons (Fsp3) is 0.190. The van der Waals surface area contributed by atoms with E-state index in [1.807, 2.05) is 19.1 Å². The van der Waals surface area contributed by atoms with Gasteiger partial charge in [0.25, 0.3) is 5.91 Å². The Morgan fingerprint density at radius 1 is 1.04 bits per heavy atom. The summed E-state index contributed by atoms with van der Waals surface area (Å²) in [6.07, 6.45) is 2.80. The standard InChI is InChI=1S/C21H21NO5/c1-3-26-19-11-7-4-8-16(19)12-13-21(25)27-14-20(24)22-18-10-6-5-9-17(18)15(2)23/h4-13H,3,14H2,1-2H3,(H,22,24)/b13-12+. The van der Waals surface area contributed by atoms with Crippen LogP contribution in [0.3, 0.4) is 0 Å². The smallest absolute Gasteiger partial charge is 0.331 e. The molecule has 0 aliphatic rings. The van der Waals surface area contributed by atoms with Crippen LogP contribution in [0.1, 0.15) is 29.8 Å². The first-order chi connectivity index (χ1) is 13.0. The summed E-state index contributed by atoms with van der Waals surface area (Å²) in [6, 6.07) is 13.9. The highest BCUT2D eigenvalue weighted by Crippen LogP contribution is 2.19. The van der Waals surface area contributed by atoms with Crippen molar-refractivity contribution in [3.8, 4) is 5.75 Å². The SMILES string of the molecule is CCOc1ccccc1/C=C/C(=O)OCC(=O)Nc1ccccc1C(C)=O. The van der Waals surface area contributed by atoms with Gasteiger partial charge in [0.2, 0.25) is 0 Å². The van der Waals surface area contributed by atoms with Crippen LogP contribution < -0.4 is 10.1 Å². The van der Waals surface area contributed by atoms with Crippen molar-refractivity contribution in [3.63, 3.8) is 0 Å². The fourth-order valence-electron chi connectivity index (χ4n) is 2.33. The van der Waals surface area contributed by atoms with Gasteiger partial charge in [-0.2, -0.15) is 0 Å². The molecule has 0 fully saturated rings. The topological polar surface area (TPSA) is 81.7 Å². The molecular formula is C21H21NO5. The first kappa shape index (κ1) is 19.9. The van der Waals surface area contributed by atoms with E-state index in [-0.39, 0.29) is 5.78 Å². The average Bonchev–Trinajstić information content (AvgIpc) is 2.66. The maximum Gasteiger partial charge on any atom is 0.331 e. The van der Waals surface area contributed by atoms with Gasteiger partial charge in [0.05, 0.1) is 12.3 Å². The average molecular weight is 367 g/mol. The summed E-state index contributed by atoms with van der Waals surface area (Å²) >= 11 is 0.